The zero-order valence-corrected chi connectivity index (χ0v) is 4.94. The minimum atomic E-state index is -3.13. The summed E-state index contributed by atoms with van der Waals surface area (Å²) < 4.78 is 16.9. The summed E-state index contributed by atoms with van der Waals surface area (Å²) in [6.45, 7) is 0. The molecule has 0 aliphatic carbocycles. The van der Waals surface area contributed by atoms with Crippen molar-refractivity contribution in [3.8, 4) is 0 Å². The van der Waals surface area contributed by atoms with Gasteiger partial charge in [-0.05, 0) is 0 Å². The Morgan fingerprint density at radius 3 is 0.643 bits per heavy atom. The molecule has 0 unspecified atom stereocenters. The summed E-state index contributed by atoms with van der Waals surface area (Å²) in [5.41, 5.74) is 0. The van der Waals surface area contributed by atoms with Gasteiger partial charge in [-0.2, -0.15) is 0 Å². The second kappa shape index (κ2) is 173. The summed E-state index contributed by atoms with van der Waals surface area (Å²) in [6, 6.07) is 0. The van der Waals surface area contributed by atoms with Crippen LogP contribution < -0.4 is 0 Å². The molecule has 14 heavy (non-hydrogen) atoms. The van der Waals surface area contributed by atoms with E-state index in [0.29, 0.717) is 0 Å². The molecule has 0 saturated carbocycles. The SMILES string of the molecule is C.C.C.C.C.C.C.C.O=[PH](O)O.[O]=[Al]. The van der Waals surface area contributed by atoms with Crippen LogP contribution in [-0.2, 0) is 8.37 Å². The van der Waals surface area contributed by atoms with Crippen LogP contribution in [0.15, 0.2) is 0 Å². The first-order valence-corrected chi connectivity index (χ1v) is 2.66. The normalized spacial score (nSPS) is 2.71. The number of hydrogen-bond donors (Lipinski definition) is 2. The van der Waals surface area contributed by atoms with E-state index in [9.17, 15) is 0 Å². The van der Waals surface area contributed by atoms with E-state index in [4.69, 9.17) is 18.2 Å². The number of rotatable bonds is 0. The Morgan fingerprint density at radius 2 is 0.643 bits per heavy atom. The van der Waals surface area contributed by atoms with Crippen molar-refractivity contribution >= 4 is 24.5 Å². The van der Waals surface area contributed by atoms with Gasteiger partial charge in [0.25, 0.3) is 0 Å². The summed E-state index contributed by atoms with van der Waals surface area (Å²) >= 11 is 1.17. The third kappa shape index (κ3) is 7070. The van der Waals surface area contributed by atoms with Crippen molar-refractivity contribution in [1.29, 1.82) is 0 Å². The molecular formula is C8H35AlO4P. The van der Waals surface area contributed by atoms with Gasteiger partial charge in [-0.15, -0.1) is 0 Å². The van der Waals surface area contributed by atoms with Crippen molar-refractivity contribution in [3.63, 3.8) is 0 Å². The standard InChI is InChI=1S/8CH4.Al.H3O3P.O/c;;;;;;;;;1-4(2)3;/h8*1H4;;4H,(H2,1,2,3);. The Labute approximate surface area is 102 Å². The molecule has 0 atom stereocenters. The van der Waals surface area contributed by atoms with E-state index in [1.54, 1.807) is 0 Å². The van der Waals surface area contributed by atoms with Crippen molar-refractivity contribution in [2.24, 2.45) is 0 Å². The van der Waals surface area contributed by atoms with Crippen molar-refractivity contribution in [1.82, 2.24) is 0 Å². The van der Waals surface area contributed by atoms with Gasteiger partial charge in [0, 0.05) is 0 Å². The van der Waals surface area contributed by atoms with E-state index in [1.165, 1.54) is 16.2 Å². The predicted molar refractivity (Wildman–Crippen MR) is 73.7 cm³/mol. The Bertz CT molecular complexity index is 52.6. The summed E-state index contributed by atoms with van der Waals surface area (Å²) in [5, 5.41) is 0. The quantitative estimate of drug-likeness (QED) is 0.506. The first-order chi connectivity index (χ1) is 2.73. The molecule has 0 aromatic rings. The van der Waals surface area contributed by atoms with Crippen LogP contribution in [0.4, 0.5) is 0 Å². The van der Waals surface area contributed by atoms with Crippen LogP contribution in [0.1, 0.15) is 59.4 Å². The van der Waals surface area contributed by atoms with Gasteiger partial charge in [-0.1, -0.05) is 59.4 Å². The average Bonchev–Trinajstić information content (AvgIpc) is 1.41. The predicted octanol–water partition coefficient (Wildman–Crippen LogP) is 3.95. The Hall–Kier alpha value is 0.482. The second-order valence-electron chi connectivity index (χ2n) is 0.283. The topological polar surface area (TPSA) is 74.6 Å². The molecule has 0 bridgehead atoms. The van der Waals surface area contributed by atoms with Gasteiger partial charge in [0.15, 0.2) is 0 Å². The van der Waals surface area contributed by atoms with Crippen molar-refractivity contribution in [2.45, 2.75) is 59.4 Å². The minimum absolute atomic E-state index is 0. The van der Waals surface area contributed by atoms with Gasteiger partial charge >= 0.3 is 28.3 Å². The van der Waals surface area contributed by atoms with Gasteiger partial charge in [-0.3, -0.25) is 4.57 Å². The molecule has 0 aromatic heterocycles. The molecular weight excluding hydrogens is 218 g/mol. The molecule has 0 rings (SSSR count). The zero-order valence-electron chi connectivity index (χ0n) is 2.79. The average molecular weight is 253 g/mol. The van der Waals surface area contributed by atoms with Crippen LogP contribution in [0.3, 0.4) is 0 Å². The molecule has 0 aliphatic heterocycles. The summed E-state index contributed by atoms with van der Waals surface area (Å²) in [4.78, 5) is 14.3. The molecule has 99 valence electrons. The van der Waals surface area contributed by atoms with Crippen LogP contribution in [0.25, 0.3) is 0 Å². The molecule has 1 radical (unpaired) electrons. The Morgan fingerprint density at radius 1 is 0.643 bits per heavy atom. The third-order valence-electron chi connectivity index (χ3n) is 0. The molecule has 0 amide bonds. The van der Waals surface area contributed by atoms with E-state index in [-0.39, 0.29) is 59.4 Å². The first kappa shape index (κ1) is 131. The Balaban J connectivity index is -0.00000000192. The van der Waals surface area contributed by atoms with Crippen LogP contribution >= 0.6 is 8.25 Å². The molecule has 0 saturated heterocycles. The maximum absolute atomic E-state index is 8.74. The molecule has 4 nitrogen and oxygen atoms in total. The van der Waals surface area contributed by atoms with Crippen LogP contribution in [0.5, 0.6) is 0 Å². The van der Waals surface area contributed by atoms with Gasteiger partial charge in [-0.25, -0.2) is 0 Å². The van der Waals surface area contributed by atoms with Crippen LogP contribution in [0.2, 0.25) is 0 Å². The van der Waals surface area contributed by atoms with Crippen molar-refractivity contribution < 1.29 is 18.2 Å². The molecule has 0 heterocycles. The first-order valence-electron chi connectivity index (χ1n) is 0.887. The summed E-state index contributed by atoms with van der Waals surface area (Å²) in [5.74, 6) is 0. The van der Waals surface area contributed by atoms with Gasteiger partial charge < -0.3 is 9.79 Å². The third-order valence-corrected chi connectivity index (χ3v) is 0. The van der Waals surface area contributed by atoms with Gasteiger partial charge in [0.2, 0.25) is 0 Å². The summed E-state index contributed by atoms with van der Waals surface area (Å²) in [7, 11) is -3.13. The van der Waals surface area contributed by atoms with Crippen molar-refractivity contribution in [2.75, 3.05) is 0 Å². The maximum atomic E-state index is 8.74. The van der Waals surface area contributed by atoms with E-state index >= 15 is 0 Å². The van der Waals surface area contributed by atoms with Crippen LogP contribution in [-0.4, -0.2) is 26.0 Å². The fraction of sp³-hybridized carbons (Fsp3) is 1.00. The fourth-order valence-corrected chi connectivity index (χ4v) is 0. The van der Waals surface area contributed by atoms with E-state index in [1.807, 2.05) is 0 Å². The monoisotopic (exact) mass is 253 g/mol. The second-order valence-corrected chi connectivity index (χ2v) is 0.848. The molecule has 0 aromatic carbocycles. The van der Waals surface area contributed by atoms with Gasteiger partial charge in [0.1, 0.15) is 0 Å². The zero-order chi connectivity index (χ0) is 5.58. The fourth-order valence-electron chi connectivity index (χ4n) is 0. The molecule has 0 fully saturated rings. The van der Waals surface area contributed by atoms with Crippen LogP contribution in [0, 0.1) is 0 Å². The molecule has 2 N–H and O–H groups in total. The van der Waals surface area contributed by atoms with E-state index < -0.39 is 8.25 Å². The summed E-state index contributed by atoms with van der Waals surface area (Å²) in [6.07, 6.45) is 0. The van der Waals surface area contributed by atoms with Gasteiger partial charge in [0.05, 0.1) is 0 Å². The molecule has 0 aliphatic rings. The van der Waals surface area contributed by atoms with E-state index in [2.05, 4.69) is 0 Å². The number of hydrogen-bond acceptors (Lipinski definition) is 2. The molecule has 6 heteroatoms. The van der Waals surface area contributed by atoms with E-state index in [0.717, 1.165) is 0 Å². The Kier molecular flexibility index (Phi) is 1620. The van der Waals surface area contributed by atoms with Crippen molar-refractivity contribution in [3.05, 3.63) is 0 Å². The molecule has 0 spiro atoms.